The number of amides is 1. The largest absolute Gasteiger partial charge is 0.423 e. The second-order valence-electron chi connectivity index (χ2n) is 6.65. The van der Waals surface area contributed by atoms with Crippen molar-refractivity contribution in [3.8, 4) is 5.75 Å². The third kappa shape index (κ3) is 3.85. The molecule has 7 heteroatoms. The van der Waals surface area contributed by atoms with Gasteiger partial charge < -0.3 is 19.4 Å². The van der Waals surface area contributed by atoms with E-state index in [2.05, 4.69) is 17.0 Å². The quantitative estimate of drug-likeness (QED) is 0.600. The first kappa shape index (κ1) is 17.7. The summed E-state index contributed by atoms with van der Waals surface area (Å²) in [6, 6.07) is 15.2. The highest BCUT2D eigenvalue weighted by atomic mass is 35.5. The van der Waals surface area contributed by atoms with Crippen LogP contribution in [-0.2, 0) is 9.59 Å². The maximum Gasteiger partial charge on any atom is 0.331 e. The summed E-state index contributed by atoms with van der Waals surface area (Å²) in [6.45, 7) is 3.08. The van der Waals surface area contributed by atoms with E-state index < -0.39 is 0 Å². The third-order valence-electron chi connectivity index (χ3n) is 4.89. The number of esters is 1. The van der Waals surface area contributed by atoms with E-state index in [9.17, 15) is 9.59 Å². The molecule has 2 aliphatic heterocycles. The van der Waals surface area contributed by atoms with Crippen molar-refractivity contribution in [2.24, 2.45) is 0 Å². The van der Waals surface area contributed by atoms with Gasteiger partial charge >= 0.3 is 5.97 Å². The molecular formula is C20H20ClN3O3. The summed E-state index contributed by atoms with van der Waals surface area (Å²) in [5, 5.41) is 0.542. The summed E-state index contributed by atoms with van der Waals surface area (Å²) in [5.41, 5.74) is 1.85. The van der Waals surface area contributed by atoms with Gasteiger partial charge in [-0.15, -0.1) is 0 Å². The lowest BCUT2D eigenvalue weighted by atomic mass is 10.2. The van der Waals surface area contributed by atoms with Crippen LogP contribution >= 0.6 is 11.6 Å². The lowest BCUT2D eigenvalue weighted by molar-refractivity contribution is -0.133. The van der Waals surface area contributed by atoms with Gasteiger partial charge in [0, 0.05) is 36.9 Å². The Labute approximate surface area is 162 Å². The predicted molar refractivity (Wildman–Crippen MR) is 105 cm³/mol. The first-order valence-corrected chi connectivity index (χ1v) is 9.31. The average molecular weight is 386 g/mol. The maximum atomic E-state index is 12.8. The summed E-state index contributed by atoms with van der Waals surface area (Å²) >= 11 is 6.07. The second-order valence-corrected chi connectivity index (χ2v) is 7.08. The first-order valence-electron chi connectivity index (χ1n) is 8.93. The van der Waals surface area contributed by atoms with E-state index in [1.165, 1.54) is 5.69 Å². The van der Waals surface area contributed by atoms with Crippen LogP contribution in [0.25, 0.3) is 0 Å². The Morgan fingerprint density at radius 3 is 2.52 bits per heavy atom. The number of para-hydroxylation sites is 1. The van der Waals surface area contributed by atoms with E-state index in [1.54, 1.807) is 23.1 Å². The van der Waals surface area contributed by atoms with E-state index in [1.807, 2.05) is 23.1 Å². The number of fused-ring (bicyclic) bond motifs is 1. The lowest BCUT2D eigenvalue weighted by Crippen LogP contribution is -2.52. The molecule has 0 spiro atoms. The van der Waals surface area contributed by atoms with Crippen molar-refractivity contribution in [2.45, 2.75) is 0 Å². The molecule has 0 saturated carbocycles. The van der Waals surface area contributed by atoms with Crippen LogP contribution in [0.2, 0.25) is 5.02 Å². The molecule has 140 valence electrons. The molecule has 0 unspecified atom stereocenters. The van der Waals surface area contributed by atoms with Crippen LogP contribution in [-0.4, -0.2) is 56.0 Å². The SMILES string of the molecule is O=C1CN(CC(=O)N2CCN(c3ccccc3)CC2)c2cc(Cl)ccc2O1. The van der Waals surface area contributed by atoms with Crippen molar-refractivity contribution < 1.29 is 14.3 Å². The van der Waals surface area contributed by atoms with Gasteiger partial charge in [-0.1, -0.05) is 29.8 Å². The lowest BCUT2D eigenvalue weighted by Gasteiger charge is -2.37. The Morgan fingerprint density at radius 2 is 1.78 bits per heavy atom. The van der Waals surface area contributed by atoms with Crippen LogP contribution < -0.4 is 14.5 Å². The second kappa shape index (κ2) is 7.48. The van der Waals surface area contributed by atoms with Gasteiger partial charge in [-0.25, -0.2) is 4.79 Å². The van der Waals surface area contributed by atoms with E-state index in [0.29, 0.717) is 29.5 Å². The van der Waals surface area contributed by atoms with Crippen LogP contribution in [0.15, 0.2) is 48.5 Å². The molecule has 2 aromatic rings. The number of benzene rings is 2. The van der Waals surface area contributed by atoms with E-state index >= 15 is 0 Å². The Morgan fingerprint density at radius 1 is 1.04 bits per heavy atom. The van der Waals surface area contributed by atoms with Crippen LogP contribution in [0.1, 0.15) is 0 Å². The molecule has 2 aliphatic rings. The fourth-order valence-corrected chi connectivity index (χ4v) is 3.64. The Bertz CT molecular complexity index is 851. The Balaban J connectivity index is 1.40. The fraction of sp³-hybridized carbons (Fsp3) is 0.300. The van der Waals surface area contributed by atoms with Gasteiger partial charge in [-0.05, 0) is 30.3 Å². The van der Waals surface area contributed by atoms with Crippen LogP contribution in [0, 0.1) is 0 Å². The molecule has 27 heavy (non-hydrogen) atoms. The van der Waals surface area contributed by atoms with Crippen molar-refractivity contribution in [3.63, 3.8) is 0 Å². The monoisotopic (exact) mass is 385 g/mol. The van der Waals surface area contributed by atoms with Crippen molar-refractivity contribution >= 4 is 34.9 Å². The van der Waals surface area contributed by atoms with E-state index in [-0.39, 0.29) is 25.0 Å². The number of nitrogens with zero attached hydrogens (tertiary/aromatic N) is 3. The molecule has 2 heterocycles. The average Bonchev–Trinajstić information content (AvgIpc) is 2.69. The molecule has 4 rings (SSSR count). The molecule has 0 aliphatic carbocycles. The highest BCUT2D eigenvalue weighted by molar-refractivity contribution is 6.31. The Hall–Kier alpha value is -2.73. The minimum Gasteiger partial charge on any atom is -0.423 e. The number of anilines is 2. The van der Waals surface area contributed by atoms with Gasteiger partial charge in [0.15, 0.2) is 5.75 Å². The topological polar surface area (TPSA) is 53.1 Å². The minimum absolute atomic E-state index is 0.00309. The summed E-state index contributed by atoms with van der Waals surface area (Å²) in [6.07, 6.45) is 0. The van der Waals surface area contributed by atoms with Gasteiger partial charge in [0.1, 0.15) is 6.54 Å². The van der Waals surface area contributed by atoms with E-state index in [4.69, 9.17) is 16.3 Å². The van der Waals surface area contributed by atoms with Gasteiger partial charge in [0.05, 0.1) is 12.2 Å². The summed E-state index contributed by atoms with van der Waals surface area (Å²) < 4.78 is 5.24. The van der Waals surface area contributed by atoms with Gasteiger partial charge in [-0.3, -0.25) is 4.79 Å². The van der Waals surface area contributed by atoms with Gasteiger partial charge in [-0.2, -0.15) is 0 Å². The van der Waals surface area contributed by atoms with Crippen molar-refractivity contribution in [1.29, 1.82) is 0 Å². The summed E-state index contributed by atoms with van der Waals surface area (Å²) in [4.78, 5) is 30.5. The van der Waals surface area contributed by atoms with Crippen LogP contribution in [0.5, 0.6) is 5.75 Å². The Kier molecular flexibility index (Phi) is 4.90. The molecule has 0 atom stereocenters. The molecule has 0 radical (unpaired) electrons. The molecule has 2 aromatic carbocycles. The van der Waals surface area contributed by atoms with Crippen molar-refractivity contribution in [2.75, 3.05) is 49.1 Å². The molecule has 1 saturated heterocycles. The molecule has 0 aromatic heterocycles. The molecular weight excluding hydrogens is 366 g/mol. The normalized spacial score (nSPS) is 16.8. The smallest absolute Gasteiger partial charge is 0.331 e. The molecule has 0 N–H and O–H groups in total. The predicted octanol–water partition coefficient (Wildman–Crippen LogP) is 2.41. The number of carbonyl (C=O) groups excluding carboxylic acids is 2. The van der Waals surface area contributed by atoms with Crippen molar-refractivity contribution in [3.05, 3.63) is 53.6 Å². The number of hydrogen-bond acceptors (Lipinski definition) is 5. The van der Waals surface area contributed by atoms with Gasteiger partial charge in [0.25, 0.3) is 0 Å². The zero-order chi connectivity index (χ0) is 18.8. The number of rotatable bonds is 3. The first-order chi connectivity index (χ1) is 13.1. The molecule has 1 amide bonds. The zero-order valence-corrected chi connectivity index (χ0v) is 15.6. The van der Waals surface area contributed by atoms with E-state index in [0.717, 1.165) is 13.1 Å². The number of halogens is 1. The molecule has 6 nitrogen and oxygen atoms in total. The highest BCUT2D eigenvalue weighted by Gasteiger charge is 2.28. The summed E-state index contributed by atoms with van der Waals surface area (Å²) in [5.74, 6) is 0.0761. The number of piperazine rings is 1. The summed E-state index contributed by atoms with van der Waals surface area (Å²) in [7, 11) is 0. The third-order valence-corrected chi connectivity index (χ3v) is 5.12. The molecule has 0 bridgehead atoms. The number of ether oxygens (including phenoxy) is 1. The van der Waals surface area contributed by atoms with Gasteiger partial charge in [0.2, 0.25) is 5.91 Å². The molecule has 1 fully saturated rings. The maximum absolute atomic E-state index is 12.8. The van der Waals surface area contributed by atoms with Crippen LogP contribution in [0.3, 0.4) is 0 Å². The highest BCUT2D eigenvalue weighted by Crippen LogP contribution is 2.34. The fourth-order valence-electron chi connectivity index (χ4n) is 3.48. The minimum atomic E-state index is -0.369. The zero-order valence-electron chi connectivity index (χ0n) is 14.8. The standard InChI is InChI=1S/C20H20ClN3O3/c21-15-6-7-18-17(12-15)24(14-20(26)27-18)13-19(25)23-10-8-22(9-11-23)16-4-2-1-3-5-16/h1-7,12H,8-11,13-14H2. The van der Waals surface area contributed by atoms with Crippen molar-refractivity contribution in [1.82, 2.24) is 4.90 Å². The number of hydrogen-bond donors (Lipinski definition) is 0. The van der Waals surface area contributed by atoms with Crippen LogP contribution in [0.4, 0.5) is 11.4 Å². The number of carbonyl (C=O) groups is 2.